The van der Waals surface area contributed by atoms with E-state index in [1.165, 1.54) is 24.9 Å². The molecule has 2 atom stereocenters. The fourth-order valence-corrected chi connectivity index (χ4v) is 14.0. The molecule has 2 unspecified atom stereocenters. The Labute approximate surface area is 518 Å². The summed E-state index contributed by atoms with van der Waals surface area (Å²) in [5.41, 5.74) is 10.4. The molecule has 1 amide bonds. The second-order valence-corrected chi connectivity index (χ2v) is 27.5. The van der Waals surface area contributed by atoms with Crippen LogP contribution in [-0.2, 0) is 4.74 Å². The smallest absolute Gasteiger partial charge is 0.410 e. The van der Waals surface area contributed by atoms with Crippen LogP contribution in [0, 0.1) is 22.2 Å². The lowest BCUT2D eigenvalue weighted by Crippen LogP contribution is -2.50. The molecule has 18 nitrogen and oxygen atoms in total. The predicted molar refractivity (Wildman–Crippen MR) is 346 cm³/mol. The summed E-state index contributed by atoms with van der Waals surface area (Å²) in [5, 5.41) is 3.40. The van der Waals surface area contributed by atoms with Gasteiger partial charge in [-0.1, -0.05) is 103 Å². The van der Waals surface area contributed by atoms with Crippen LogP contribution in [0.5, 0.6) is 0 Å². The number of hydrogen-bond acceptors (Lipinski definition) is 14. The fourth-order valence-electron chi connectivity index (χ4n) is 13.7. The number of carbonyl (C=O) groups is 4. The number of halogens is 1. The van der Waals surface area contributed by atoms with Crippen molar-refractivity contribution in [2.45, 2.75) is 144 Å². The van der Waals surface area contributed by atoms with E-state index in [1.807, 2.05) is 32.9 Å². The normalized spacial score (nSPS) is 20.5. The molecule has 8 heterocycles. The Kier molecular flexibility index (Phi) is 18.1. The third kappa shape index (κ3) is 13.7. The molecule has 4 N–H and O–H groups in total. The number of anilines is 2. The highest BCUT2D eigenvalue weighted by atomic mass is 79.9. The molecule has 6 aromatic heterocycles. The van der Waals surface area contributed by atoms with Gasteiger partial charge in [-0.15, -0.1) is 0 Å². The average Bonchev–Trinajstić information content (AvgIpc) is 2.33. The monoisotopic (exact) mass is 1240 g/mol. The quantitative estimate of drug-likeness (QED) is 0.0935. The number of nitrogens with zero attached hydrogens (tertiary/aromatic N) is 9. The number of fused-ring (bicyclic) bond motifs is 3. The number of piperazine rings is 2. The summed E-state index contributed by atoms with van der Waals surface area (Å²) in [4.78, 5) is 95.7. The summed E-state index contributed by atoms with van der Waals surface area (Å²) in [7, 11) is 0. The number of nitrogens with one attached hydrogen (secondary N) is 4. The maximum atomic E-state index is 13.5. The summed E-state index contributed by atoms with van der Waals surface area (Å²) < 4.78 is 6.18. The second kappa shape index (κ2) is 25.8. The first-order valence-electron chi connectivity index (χ1n) is 31.5. The average molecular weight is 1240 g/mol. The van der Waals surface area contributed by atoms with Crippen molar-refractivity contribution < 1.29 is 23.9 Å². The van der Waals surface area contributed by atoms with Gasteiger partial charge >= 0.3 is 6.09 Å². The molecule has 2 saturated heterocycles. The van der Waals surface area contributed by atoms with Crippen molar-refractivity contribution in [3.05, 3.63) is 107 Å². The number of aromatic amines is 3. The highest BCUT2D eigenvalue weighted by molar-refractivity contribution is 9.10. The summed E-state index contributed by atoms with van der Waals surface area (Å²) in [6, 6.07) is 16.7. The molecular weight excluding hydrogens is 1160 g/mol. The zero-order chi connectivity index (χ0) is 61.1. The van der Waals surface area contributed by atoms with Crippen LogP contribution in [0.15, 0.2) is 90.3 Å². The molecule has 2 aliphatic heterocycles. The van der Waals surface area contributed by atoms with Crippen molar-refractivity contribution in [3.63, 3.8) is 0 Å². The number of carbonyl (C=O) groups excluding carboxylic acids is 4. The van der Waals surface area contributed by atoms with Crippen molar-refractivity contribution in [1.82, 2.24) is 55.1 Å². The van der Waals surface area contributed by atoms with Crippen LogP contribution >= 0.6 is 15.9 Å². The molecule has 0 spiro atoms. The van der Waals surface area contributed by atoms with E-state index >= 15 is 0 Å². The SMILES string of the molecule is CC(C)(C)OC(=O)N1CCN(c2cccc(-c3cnc4[nH]cc(C(=O)C5(C)CCCCC5)c4n3)c2)CC1.CC1(C(=O)c2c[nH]c3ncc(-c4cccc(N5CCNCC5)c4)nc23)CCCCC1.CC1CCCC(C)(C(=O)c2c[nH]c3ncc(Br)nc23)C1. The first-order chi connectivity index (χ1) is 41.8. The van der Waals surface area contributed by atoms with Crippen LogP contribution in [0.2, 0.25) is 0 Å². The fraction of sp³-hybridized carbons (Fsp3) is 0.500. The van der Waals surface area contributed by atoms with E-state index in [9.17, 15) is 19.2 Å². The van der Waals surface area contributed by atoms with Crippen molar-refractivity contribution >= 4 is 84.2 Å². The Hall–Kier alpha value is -7.38. The number of ether oxygens (including phenoxy) is 1. The molecule has 19 heteroatoms. The van der Waals surface area contributed by atoms with E-state index in [0.717, 1.165) is 138 Å². The lowest BCUT2D eigenvalue weighted by atomic mass is 9.68. The minimum absolute atomic E-state index is 0.168. The summed E-state index contributed by atoms with van der Waals surface area (Å²) in [6.45, 7) is 20.9. The summed E-state index contributed by atoms with van der Waals surface area (Å²) >= 11 is 3.32. The maximum Gasteiger partial charge on any atom is 0.410 e. The molecule has 3 aliphatic carbocycles. The van der Waals surface area contributed by atoms with Crippen LogP contribution in [-0.4, -0.2) is 131 Å². The van der Waals surface area contributed by atoms with Crippen molar-refractivity contribution in [2.24, 2.45) is 22.2 Å². The molecule has 5 aliphatic rings. The third-order valence-electron chi connectivity index (χ3n) is 18.7. The Balaban J connectivity index is 0.000000141. The number of aromatic nitrogens is 9. The predicted octanol–water partition coefficient (Wildman–Crippen LogP) is 14.1. The number of rotatable bonds is 10. The van der Waals surface area contributed by atoms with E-state index in [0.29, 0.717) is 73.8 Å². The number of hydrogen-bond donors (Lipinski definition) is 4. The molecule has 2 aromatic carbocycles. The largest absolute Gasteiger partial charge is 0.444 e. The molecule has 13 rings (SSSR count). The van der Waals surface area contributed by atoms with Crippen molar-refractivity contribution in [2.75, 3.05) is 62.2 Å². The van der Waals surface area contributed by atoms with Gasteiger partial charge in [0.1, 0.15) is 26.8 Å². The molecule has 458 valence electrons. The summed E-state index contributed by atoms with van der Waals surface area (Å²) in [6.07, 6.45) is 25.2. The van der Waals surface area contributed by atoms with Crippen LogP contribution < -0.4 is 15.1 Å². The minimum atomic E-state index is -0.497. The van der Waals surface area contributed by atoms with E-state index in [4.69, 9.17) is 14.7 Å². The standard InChI is InChI=1S/C29H37N5O3.C24H29N5O.C15H18BrN3O/c1-28(2,3)37-27(36)34-15-13-33(14-16-34)21-10-8-9-20(17-21)23-19-31-26-24(32-23)22(18-30-26)25(35)29(4)11-6-5-7-12-29;1-24(8-3-2-4-9-24)22(30)19-15-26-23-21(19)28-20(16-27-23)17-6-5-7-18(14-17)29-12-10-25-11-13-29;1-9-4-3-5-15(2,6-9)13(20)10-7-17-14-12(10)19-11(16)8-18-14/h8-10,17-19H,5-7,11-16H2,1-4H3,(H,30,31);5-7,14-16,25H,2-4,8-13H2,1H3,(H,26,27);7-9H,3-6H2,1-2H3,(H,17,18). The summed E-state index contributed by atoms with van der Waals surface area (Å²) in [5.74, 6) is 1.18. The molecule has 87 heavy (non-hydrogen) atoms. The number of ketones is 3. The van der Waals surface area contributed by atoms with Gasteiger partial charge in [0.2, 0.25) is 0 Å². The Morgan fingerprint density at radius 2 is 1.00 bits per heavy atom. The van der Waals surface area contributed by atoms with Gasteiger partial charge in [-0.05, 0) is 105 Å². The van der Waals surface area contributed by atoms with E-state index in [-0.39, 0.29) is 39.7 Å². The lowest BCUT2D eigenvalue weighted by Gasteiger charge is -2.36. The minimum Gasteiger partial charge on any atom is -0.444 e. The van der Waals surface area contributed by atoms with Gasteiger partial charge in [-0.3, -0.25) is 14.4 Å². The highest BCUT2D eigenvalue weighted by Gasteiger charge is 2.40. The van der Waals surface area contributed by atoms with Crippen LogP contribution in [0.3, 0.4) is 0 Å². The first kappa shape index (κ1) is 61.3. The third-order valence-corrected chi connectivity index (χ3v) is 19.1. The van der Waals surface area contributed by atoms with E-state index in [1.54, 1.807) is 42.1 Å². The Morgan fingerprint density at radius 3 is 1.47 bits per heavy atom. The van der Waals surface area contributed by atoms with E-state index < -0.39 is 5.60 Å². The van der Waals surface area contributed by atoms with Gasteiger partial charge in [0.15, 0.2) is 34.3 Å². The molecule has 5 fully saturated rings. The number of benzene rings is 2. The van der Waals surface area contributed by atoms with Gasteiger partial charge in [0, 0.05) is 110 Å². The lowest BCUT2D eigenvalue weighted by molar-refractivity contribution is 0.0240. The van der Waals surface area contributed by atoms with Gasteiger partial charge in [-0.2, -0.15) is 0 Å². The number of amides is 1. The number of Topliss-reactive ketones (excluding diaryl/α,β-unsaturated/α-hetero) is 3. The van der Waals surface area contributed by atoms with Crippen LogP contribution in [0.25, 0.3) is 56.0 Å². The van der Waals surface area contributed by atoms with Crippen LogP contribution in [0.4, 0.5) is 16.2 Å². The Bertz CT molecular complexity index is 3780. The van der Waals surface area contributed by atoms with Crippen molar-refractivity contribution in [1.29, 1.82) is 0 Å². The first-order valence-corrected chi connectivity index (χ1v) is 32.3. The molecule has 0 radical (unpaired) electrons. The zero-order valence-corrected chi connectivity index (χ0v) is 53.2. The van der Waals surface area contributed by atoms with Gasteiger partial charge in [-0.25, -0.2) is 34.7 Å². The molecule has 8 aromatic rings. The maximum absolute atomic E-state index is 13.5. The second-order valence-electron chi connectivity index (χ2n) is 26.7. The van der Waals surface area contributed by atoms with Gasteiger partial charge < -0.3 is 39.7 Å². The van der Waals surface area contributed by atoms with Crippen molar-refractivity contribution in [3.8, 4) is 22.5 Å². The van der Waals surface area contributed by atoms with E-state index in [2.05, 4.69) is 130 Å². The van der Waals surface area contributed by atoms with Gasteiger partial charge in [0.25, 0.3) is 0 Å². The Morgan fingerprint density at radius 1 is 0.563 bits per heavy atom. The highest BCUT2D eigenvalue weighted by Crippen LogP contribution is 2.44. The molecular formula is C68H84BrN13O5. The molecule has 0 bridgehead atoms. The topological polar surface area (TPSA) is 224 Å². The zero-order valence-electron chi connectivity index (χ0n) is 51.7. The van der Waals surface area contributed by atoms with Crippen LogP contribution in [0.1, 0.15) is 169 Å². The molecule has 3 saturated carbocycles. The van der Waals surface area contributed by atoms with Gasteiger partial charge in [0.05, 0.1) is 46.7 Å². The number of H-pyrrole nitrogens is 3.